The number of benzene rings is 1. The summed E-state index contributed by atoms with van der Waals surface area (Å²) in [6.45, 7) is 1.30. The maximum absolute atomic E-state index is 5.81. The predicted octanol–water partition coefficient (Wildman–Crippen LogP) is 4.25. The Bertz CT molecular complexity index is 1030. The second-order valence-corrected chi connectivity index (χ2v) is 8.47. The maximum Gasteiger partial charge on any atom is 0.288 e. The fourth-order valence-electron chi connectivity index (χ4n) is 3.46. The van der Waals surface area contributed by atoms with Crippen LogP contribution in [0.3, 0.4) is 0 Å². The number of pyridine rings is 1. The Labute approximate surface area is 185 Å². The number of nitrogens with zero attached hydrogens (tertiary/aromatic N) is 4. The van der Waals surface area contributed by atoms with E-state index in [4.69, 9.17) is 26.1 Å². The van der Waals surface area contributed by atoms with Gasteiger partial charge in [-0.3, -0.25) is 9.88 Å². The Kier molecular flexibility index (Phi) is 6.71. The van der Waals surface area contributed by atoms with Crippen LogP contribution in [-0.2, 0) is 13.2 Å². The fraction of sp³-hybridized carbons (Fsp3) is 0.381. The number of rotatable bonds is 8. The van der Waals surface area contributed by atoms with E-state index in [0.717, 1.165) is 30.0 Å². The summed E-state index contributed by atoms with van der Waals surface area (Å²) in [4.78, 5) is 7.21. The van der Waals surface area contributed by atoms with Crippen molar-refractivity contribution in [2.45, 2.75) is 25.7 Å². The minimum Gasteiger partial charge on any atom is -0.493 e. The van der Waals surface area contributed by atoms with Gasteiger partial charge in [-0.1, -0.05) is 6.07 Å². The molecule has 9 heteroatoms. The molecule has 7 nitrogen and oxygen atoms in total. The van der Waals surface area contributed by atoms with E-state index < -0.39 is 0 Å². The van der Waals surface area contributed by atoms with Gasteiger partial charge in [-0.25, -0.2) is 4.68 Å². The van der Waals surface area contributed by atoms with Gasteiger partial charge >= 0.3 is 0 Å². The lowest BCUT2D eigenvalue weighted by Gasteiger charge is -2.27. The van der Waals surface area contributed by atoms with Gasteiger partial charge in [-0.15, -0.1) is 5.10 Å². The van der Waals surface area contributed by atoms with Crippen molar-refractivity contribution in [3.63, 3.8) is 0 Å². The summed E-state index contributed by atoms with van der Waals surface area (Å²) in [6, 6.07) is 12.0. The molecule has 30 heavy (non-hydrogen) atoms. The molecule has 1 saturated heterocycles. The number of ether oxygens (including phenoxy) is 2. The van der Waals surface area contributed by atoms with E-state index in [1.54, 1.807) is 18.9 Å². The van der Waals surface area contributed by atoms with E-state index in [2.05, 4.69) is 15.0 Å². The molecule has 0 N–H and O–H groups in total. The molecule has 0 aliphatic carbocycles. The first-order valence-corrected chi connectivity index (χ1v) is 11.3. The van der Waals surface area contributed by atoms with Crippen LogP contribution in [0, 0.1) is 4.84 Å². The zero-order chi connectivity index (χ0) is 20.9. The zero-order valence-electron chi connectivity index (χ0n) is 17.0. The van der Waals surface area contributed by atoms with Crippen molar-refractivity contribution >= 4 is 24.0 Å². The number of hydrogen-bond acceptors (Lipinski definition) is 8. The van der Waals surface area contributed by atoms with Crippen LogP contribution in [-0.4, -0.2) is 51.4 Å². The van der Waals surface area contributed by atoms with Gasteiger partial charge < -0.3 is 13.9 Å². The van der Waals surface area contributed by atoms with Gasteiger partial charge in [0, 0.05) is 30.1 Å². The summed E-state index contributed by atoms with van der Waals surface area (Å²) in [5.74, 6) is 4.00. The van der Waals surface area contributed by atoms with Crippen LogP contribution < -0.4 is 9.47 Å². The topological polar surface area (TPSA) is 65.5 Å². The van der Waals surface area contributed by atoms with Crippen LogP contribution in [0.25, 0.3) is 11.5 Å². The van der Waals surface area contributed by atoms with E-state index in [1.807, 2.05) is 54.4 Å². The summed E-state index contributed by atoms with van der Waals surface area (Å²) in [5, 5.41) is 4.64. The molecule has 1 aliphatic heterocycles. The molecule has 2 aromatic heterocycles. The summed E-state index contributed by atoms with van der Waals surface area (Å²) in [5.41, 5.74) is 1.81. The number of methoxy groups -OCH3 is 2. The lowest BCUT2D eigenvalue weighted by Crippen LogP contribution is -2.37. The summed E-state index contributed by atoms with van der Waals surface area (Å²) in [6.07, 6.45) is 2.97. The highest BCUT2D eigenvalue weighted by Gasteiger charge is 2.25. The van der Waals surface area contributed by atoms with E-state index in [-0.39, 0.29) is 0 Å². The highest BCUT2D eigenvalue weighted by molar-refractivity contribution is 7.99. The fourth-order valence-corrected chi connectivity index (χ4v) is 4.89. The molecular formula is C21H24N4O3S2. The quantitative estimate of drug-likeness (QED) is 0.478. The van der Waals surface area contributed by atoms with Gasteiger partial charge in [-0.2, -0.15) is 11.8 Å². The molecule has 0 bridgehead atoms. The van der Waals surface area contributed by atoms with Crippen LogP contribution in [0.15, 0.2) is 47.0 Å². The van der Waals surface area contributed by atoms with Gasteiger partial charge in [0.25, 0.3) is 4.84 Å². The SMILES string of the molecule is COc1ccc(-c2nn(CN(Cc3ccccn3)[C@H]3CCSC3)c(=S)o2)cc1OC. The third kappa shape index (κ3) is 4.69. The van der Waals surface area contributed by atoms with Gasteiger partial charge in [0.05, 0.1) is 26.6 Å². The van der Waals surface area contributed by atoms with E-state index >= 15 is 0 Å². The molecule has 1 aromatic carbocycles. The molecule has 1 atom stereocenters. The Morgan fingerprint density at radius 1 is 1.23 bits per heavy atom. The first kappa shape index (κ1) is 20.9. The number of aromatic nitrogens is 3. The van der Waals surface area contributed by atoms with E-state index in [9.17, 15) is 0 Å². The van der Waals surface area contributed by atoms with Crippen LogP contribution >= 0.6 is 24.0 Å². The van der Waals surface area contributed by atoms with Crippen LogP contribution in [0.1, 0.15) is 12.1 Å². The number of hydrogen-bond donors (Lipinski definition) is 0. The van der Waals surface area contributed by atoms with Crippen molar-refractivity contribution in [3.8, 4) is 23.0 Å². The maximum atomic E-state index is 5.81. The molecule has 1 aliphatic rings. The molecule has 3 aromatic rings. The summed E-state index contributed by atoms with van der Waals surface area (Å²) < 4.78 is 18.2. The second-order valence-electron chi connectivity index (χ2n) is 6.97. The van der Waals surface area contributed by atoms with Crippen molar-refractivity contribution < 1.29 is 13.9 Å². The Morgan fingerprint density at radius 2 is 2.10 bits per heavy atom. The first-order valence-electron chi connectivity index (χ1n) is 9.70. The first-order chi connectivity index (χ1) is 14.7. The van der Waals surface area contributed by atoms with Gasteiger partial charge in [-0.05, 0) is 54.7 Å². The minimum atomic E-state index is 0.344. The average Bonchev–Trinajstić information content (AvgIpc) is 3.44. The molecular weight excluding hydrogens is 420 g/mol. The molecule has 0 amide bonds. The summed E-state index contributed by atoms with van der Waals surface area (Å²) in [7, 11) is 3.21. The van der Waals surface area contributed by atoms with Gasteiger partial charge in [0.2, 0.25) is 5.89 Å². The van der Waals surface area contributed by atoms with Crippen molar-refractivity contribution in [3.05, 3.63) is 53.1 Å². The summed E-state index contributed by atoms with van der Waals surface area (Å²) >= 11 is 7.45. The highest BCUT2D eigenvalue weighted by atomic mass is 32.2. The largest absolute Gasteiger partial charge is 0.493 e. The smallest absolute Gasteiger partial charge is 0.288 e. The molecule has 0 unspecified atom stereocenters. The molecule has 0 radical (unpaired) electrons. The second kappa shape index (κ2) is 9.63. The highest BCUT2D eigenvalue weighted by Crippen LogP contribution is 2.32. The standard InChI is InChI=1S/C21H24N4O3S2/c1-26-18-7-6-15(11-19(18)27-2)20-23-25(21(29)28-20)14-24(17-8-10-30-13-17)12-16-5-3-4-9-22-16/h3-7,9,11,17H,8,10,12-14H2,1-2H3/t17-/m0/s1. The van der Waals surface area contributed by atoms with Crippen molar-refractivity contribution in [1.82, 2.24) is 19.7 Å². The third-order valence-electron chi connectivity index (χ3n) is 5.07. The molecule has 4 rings (SSSR count). The molecule has 158 valence electrons. The van der Waals surface area contributed by atoms with Crippen molar-refractivity contribution in [1.29, 1.82) is 0 Å². The van der Waals surface area contributed by atoms with Crippen LogP contribution in [0.5, 0.6) is 11.5 Å². The zero-order valence-corrected chi connectivity index (χ0v) is 18.6. The molecule has 1 fully saturated rings. The predicted molar refractivity (Wildman–Crippen MR) is 119 cm³/mol. The van der Waals surface area contributed by atoms with E-state index in [0.29, 0.717) is 34.9 Å². The van der Waals surface area contributed by atoms with E-state index in [1.165, 1.54) is 5.75 Å². The van der Waals surface area contributed by atoms with Crippen LogP contribution in [0.4, 0.5) is 0 Å². The average molecular weight is 445 g/mol. The van der Waals surface area contributed by atoms with Crippen LogP contribution in [0.2, 0.25) is 0 Å². The molecule has 3 heterocycles. The molecule has 0 saturated carbocycles. The normalized spacial score (nSPS) is 16.2. The monoisotopic (exact) mass is 444 g/mol. The van der Waals surface area contributed by atoms with Gasteiger partial charge in [0.1, 0.15) is 0 Å². The Balaban J connectivity index is 1.58. The van der Waals surface area contributed by atoms with Crippen molar-refractivity contribution in [2.24, 2.45) is 0 Å². The lowest BCUT2D eigenvalue weighted by molar-refractivity contribution is 0.143. The Morgan fingerprint density at radius 3 is 2.80 bits per heavy atom. The Hall–Kier alpha value is -2.36. The lowest BCUT2D eigenvalue weighted by atomic mass is 10.2. The molecule has 0 spiro atoms. The number of thioether (sulfide) groups is 1. The minimum absolute atomic E-state index is 0.344. The van der Waals surface area contributed by atoms with Crippen molar-refractivity contribution in [2.75, 3.05) is 25.7 Å². The van der Waals surface area contributed by atoms with Gasteiger partial charge in [0.15, 0.2) is 11.5 Å². The third-order valence-corrected chi connectivity index (χ3v) is 6.50.